The van der Waals surface area contributed by atoms with Crippen LogP contribution in [0.25, 0.3) is 10.7 Å². The lowest BCUT2D eigenvalue weighted by atomic mass is 10.1. The number of hydrogen-bond acceptors (Lipinski definition) is 8. The minimum absolute atomic E-state index is 0.0323. The van der Waals surface area contributed by atoms with Crippen molar-refractivity contribution in [3.05, 3.63) is 41.3 Å². The van der Waals surface area contributed by atoms with Crippen molar-refractivity contribution in [3.63, 3.8) is 0 Å². The fourth-order valence-corrected chi connectivity index (χ4v) is 3.15. The molecule has 2 aromatic heterocycles. The predicted octanol–water partition coefficient (Wildman–Crippen LogP) is 1.88. The number of hydrogen-bond donors (Lipinski definition) is 3. The van der Waals surface area contributed by atoms with Gasteiger partial charge in [0.15, 0.2) is 11.7 Å². The third kappa shape index (κ3) is 5.71. The molecule has 0 radical (unpaired) electrons. The number of carboxylic acid groups (broad SMARTS) is 1. The molecule has 3 rings (SSSR count). The minimum Gasteiger partial charge on any atom is -0.480 e. The van der Waals surface area contributed by atoms with Gasteiger partial charge >= 0.3 is 12.1 Å². The van der Waals surface area contributed by atoms with Gasteiger partial charge in [0, 0.05) is 13.1 Å². The first kappa shape index (κ1) is 22.1. The molecule has 15 heteroatoms. The summed E-state index contributed by atoms with van der Waals surface area (Å²) in [7, 11) is 0. The topological polar surface area (TPSA) is 135 Å². The van der Waals surface area contributed by atoms with E-state index in [1.54, 1.807) is 0 Å². The molecule has 3 aromatic rings. The molecular formula is C16H13F4N7O3S. The van der Waals surface area contributed by atoms with Crippen molar-refractivity contribution in [1.29, 1.82) is 0 Å². The van der Waals surface area contributed by atoms with Crippen LogP contribution in [0.1, 0.15) is 15.9 Å². The molecule has 0 unspecified atom stereocenters. The van der Waals surface area contributed by atoms with E-state index in [-0.39, 0.29) is 25.0 Å². The van der Waals surface area contributed by atoms with Crippen molar-refractivity contribution in [1.82, 2.24) is 30.5 Å². The summed E-state index contributed by atoms with van der Waals surface area (Å²) in [6, 6.07) is 1.82. The maximum atomic E-state index is 13.1. The zero-order valence-corrected chi connectivity index (χ0v) is 16.2. The molecule has 0 aliphatic rings. The number of halogens is 4. The monoisotopic (exact) mass is 459 g/mol. The summed E-state index contributed by atoms with van der Waals surface area (Å²) in [6.07, 6.45) is -3.44. The van der Waals surface area contributed by atoms with E-state index in [0.717, 1.165) is 28.3 Å². The van der Waals surface area contributed by atoms with Gasteiger partial charge in [-0.1, -0.05) is 11.3 Å². The van der Waals surface area contributed by atoms with Crippen LogP contribution in [0.3, 0.4) is 0 Å². The Bertz CT molecular complexity index is 1100. The van der Waals surface area contributed by atoms with Crippen LogP contribution in [0.5, 0.6) is 0 Å². The fourth-order valence-electron chi connectivity index (χ4n) is 2.38. The highest BCUT2D eigenvalue weighted by Gasteiger charge is 2.35. The van der Waals surface area contributed by atoms with Crippen LogP contribution in [0.4, 0.5) is 22.7 Å². The van der Waals surface area contributed by atoms with Crippen molar-refractivity contribution >= 4 is 28.3 Å². The Hall–Kier alpha value is -3.62. The van der Waals surface area contributed by atoms with Gasteiger partial charge in [0.1, 0.15) is 5.82 Å². The molecule has 0 atom stereocenters. The summed E-state index contributed by atoms with van der Waals surface area (Å²) in [5.41, 5.74) is -2.04. The van der Waals surface area contributed by atoms with Gasteiger partial charge in [0.2, 0.25) is 5.82 Å². The number of benzene rings is 1. The van der Waals surface area contributed by atoms with E-state index < -0.39 is 41.5 Å². The molecule has 31 heavy (non-hydrogen) atoms. The van der Waals surface area contributed by atoms with E-state index in [1.807, 2.05) is 0 Å². The first-order valence-electron chi connectivity index (χ1n) is 8.48. The highest BCUT2D eigenvalue weighted by molar-refractivity contribution is 7.18. The van der Waals surface area contributed by atoms with Crippen LogP contribution < -0.4 is 10.6 Å². The van der Waals surface area contributed by atoms with Crippen LogP contribution in [0, 0.1) is 5.82 Å². The van der Waals surface area contributed by atoms with Gasteiger partial charge in [-0.05, 0) is 23.4 Å². The Kier molecular flexibility index (Phi) is 6.43. The minimum atomic E-state index is -4.87. The molecular weight excluding hydrogens is 446 g/mol. The number of carbonyl (C=O) groups excluding carboxylic acids is 1. The maximum Gasteiger partial charge on any atom is 0.417 e. The van der Waals surface area contributed by atoms with Crippen molar-refractivity contribution in [2.24, 2.45) is 0 Å². The molecule has 0 bridgehead atoms. The standard InChI is InChI=1S/C16H13F4N7O3S/c17-8-1-2-9(10(5-8)16(18,19)20)14(30)21-3-4-22-15-23-6-11(31-15)13-24-26-27(25-13)7-12(28)29/h1-2,5-6H,3-4,7H2,(H,21,30)(H,22,23)(H,28,29). The Morgan fingerprint density at radius 1 is 1.23 bits per heavy atom. The molecule has 10 nitrogen and oxygen atoms in total. The number of tetrazole rings is 1. The highest BCUT2D eigenvalue weighted by atomic mass is 32.1. The molecule has 3 N–H and O–H groups in total. The van der Waals surface area contributed by atoms with Gasteiger partial charge in [-0.2, -0.15) is 18.0 Å². The van der Waals surface area contributed by atoms with Crippen molar-refractivity contribution in [3.8, 4) is 10.7 Å². The number of amides is 1. The van der Waals surface area contributed by atoms with Gasteiger partial charge in [0.25, 0.3) is 5.91 Å². The third-order valence-corrected chi connectivity index (χ3v) is 4.63. The normalized spacial score (nSPS) is 11.4. The zero-order chi connectivity index (χ0) is 22.6. The van der Waals surface area contributed by atoms with E-state index in [0.29, 0.717) is 10.0 Å². The second-order valence-electron chi connectivity index (χ2n) is 5.94. The van der Waals surface area contributed by atoms with E-state index in [2.05, 4.69) is 31.0 Å². The second-order valence-corrected chi connectivity index (χ2v) is 6.97. The number of anilines is 1. The maximum absolute atomic E-state index is 13.1. The Balaban J connectivity index is 1.53. The molecule has 0 aliphatic heterocycles. The number of carbonyl (C=O) groups is 2. The van der Waals surface area contributed by atoms with Crippen LogP contribution in [0.15, 0.2) is 24.4 Å². The predicted molar refractivity (Wildman–Crippen MR) is 98.8 cm³/mol. The molecule has 0 spiro atoms. The average molecular weight is 459 g/mol. The summed E-state index contributed by atoms with van der Waals surface area (Å²) < 4.78 is 52.1. The molecule has 2 heterocycles. The van der Waals surface area contributed by atoms with Crippen molar-refractivity contribution < 1.29 is 32.3 Å². The number of rotatable bonds is 8. The first-order chi connectivity index (χ1) is 14.6. The number of carboxylic acids is 1. The third-order valence-electron chi connectivity index (χ3n) is 3.67. The smallest absolute Gasteiger partial charge is 0.417 e. The summed E-state index contributed by atoms with van der Waals surface area (Å²) in [5, 5.41) is 25.5. The number of alkyl halides is 3. The lowest BCUT2D eigenvalue weighted by Gasteiger charge is -2.13. The molecule has 1 aromatic carbocycles. The Labute approximate surface area is 174 Å². The number of thiazole rings is 1. The summed E-state index contributed by atoms with van der Waals surface area (Å²) in [6.45, 7) is -0.337. The molecule has 1 amide bonds. The van der Waals surface area contributed by atoms with Gasteiger partial charge in [-0.25, -0.2) is 9.37 Å². The summed E-state index contributed by atoms with van der Waals surface area (Å²) in [4.78, 5) is 28.2. The number of aliphatic carboxylic acids is 1. The second kappa shape index (κ2) is 9.03. The lowest BCUT2D eigenvalue weighted by molar-refractivity contribution is -0.139. The van der Waals surface area contributed by atoms with E-state index in [9.17, 15) is 27.2 Å². The molecule has 0 saturated carbocycles. The van der Waals surface area contributed by atoms with E-state index in [4.69, 9.17) is 5.11 Å². The van der Waals surface area contributed by atoms with Crippen LogP contribution in [-0.2, 0) is 17.5 Å². The molecule has 0 fully saturated rings. The van der Waals surface area contributed by atoms with Gasteiger partial charge in [-0.3, -0.25) is 9.59 Å². The van der Waals surface area contributed by atoms with Crippen molar-refractivity contribution in [2.75, 3.05) is 18.4 Å². The number of aromatic nitrogens is 5. The first-order valence-corrected chi connectivity index (χ1v) is 9.30. The number of nitrogens with one attached hydrogen (secondary N) is 2. The molecule has 164 valence electrons. The average Bonchev–Trinajstić information content (AvgIpc) is 3.33. The highest BCUT2D eigenvalue weighted by Crippen LogP contribution is 2.32. The van der Waals surface area contributed by atoms with Crippen molar-refractivity contribution in [2.45, 2.75) is 12.7 Å². The lowest BCUT2D eigenvalue weighted by Crippen LogP contribution is -2.30. The van der Waals surface area contributed by atoms with Crippen LogP contribution in [0.2, 0.25) is 0 Å². The number of nitrogens with zero attached hydrogens (tertiary/aromatic N) is 5. The largest absolute Gasteiger partial charge is 0.480 e. The Morgan fingerprint density at radius 2 is 2.00 bits per heavy atom. The summed E-state index contributed by atoms with van der Waals surface area (Å²) >= 11 is 1.13. The zero-order valence-electron chi connectivity index (χ0n) is 15.4. The van der Waals surface area contributed by atoms with E-state index >= 15 is 0 Å². The quantitative estimate of drug-likeness (QED) is 0.343. The van der Waals surface area contributed by atoms with E-state index in [1.165, 1.54) is 6.20 Å². The van der Waals surface area contributed by atoms with Gasteiger partial charge in [0.05, 0.1) is 22.2 Å². The molecule has 0 saturated heterocycles. The van der Waals surface area contributed by atoms with Crippen LogP contribution in [-0.4, -0.2) is 55.3 Å². The fraction of sp³-hybridized carbons (Fsp3) is 0.250. The van der Waals surface area contributed by atoms with Crippen LogP contribution >= 0.6 is 11.3 Å². The van der Waals surface area contributed by atoms with Gasteiger partial charge < -0.3 is 15.7 Å². The summed E-state index contributed by atoms with van der Waals surface area (Å²) in [5.74, 6) is -3.03. The van der Waals surface area contributed by atoms with Gasteiger partial charge in [-0.15, -0.1) is 10.2 Å². The SMILES string of the molecule is O=C(O)Cn1nnc(-c2cnc(NCCNC(=O)c3ccc(F)cc3C(F)(F)F)s2)n1. The Morgan fingerprint density at radius 3 is 2.71 bits per heavy atom. The molecule has 0 aliphatic carbocycles.